The summed E-state index contributed by atoms with van der Waals surface area (Å²) >= 11 is 0. The van der Waals surface area contributed by atoms with E-state index in [0.29, 0.717) is 17.9 Å². The van der Waals surface area contributed by atoms with Gasteiger partial charge >= 0.3 is 6.09 Å². The van der Waals surface area contributed by atoms with Crippen molar-refractivity contribution < 1.29 is 14.3 Å². The van der Waals surface area contributed by atoms with Gasteiger partial charge in [-0.2, -0.15) is 0 Å². The monoisotopic (exact) mass is 255 g/mol. The SMILES string of the molecule is CCC1C2CNCC2CN1CC(=O)NC(=O)OC. The van der Waals surface area contributed by atoms with E-state index in [-0.39, 0.29) is 12.5 Å². The van der Waals surface area contributed by atoms with Crippen LogP contribution >= 0.6 is 0 Å². The molecule has 0 radical (unpaired) electrons. The molecule has 18 heavy (non-hydrogen) atoms. The summed E-state index contributed by atoms with van der Waals surface area (Å²) in [4.78, 5) is 24.8. The lowest BCUT2D eigenvalue weighted by molar-refractivity contribution is -0.121. The Kier molecular flexibility index (Phi) is 4.19. The molecular formula is C12H21N3O3. The van der Waals surface area contributed by atoms with E-state index in [1.54, 1.807) is 0 Å². The Morgan fingerprint density at radius 2 is 2.22 bits per heavy atom. The molecule has 2 aliphatic rings. The lowest BCUT2D eigenvalue weighted by Gasteiger charge is -2.25. The summed E-state index contributed by atoms with van der Waals surface area (Å²) in [5, 5.41) is 5.61. The molecule has 2 fully saturated rings. The van der Waals surface area contributed by atoms with Crippen LogP contribution in [0, 0.1) is 11.8 Å². The molecule has 2 N–H and O–H groups in total. The summed E-state index contributed by atoms with van der Waals surface area (Å²) in [7, 11) is 1.25. The normalized spacial score (nSPS) is 31.1. The molecule has 3 unspecified atom stereocenters. The molecule has 0 aliphatic carbocycles. The first-order valence-electron chi connectivity index (χ1n) is 6.48. The molecule has 6 nitrogen and oxygen atoms in total. The van der Waals surface area contributed by atoms with E-state index in [1.807, 2.05) is 0 Å². The molecule has 0 saturated carbocycles. The quantitative estimate of drug-likeness (QED) is 0.731. The van der Waals surface area contributed by atoms with Gasteiger partial charge in [0, 0.05) is 12.6 Å². The van der Waals surface area contributed by atoms with E-state index in [0.717, 1.165) is 26.1 Å². The maximum Gasteiger partial charge on any atom is 0.413 e. The van der Waals surface area contributed by atoms with Crippen molar-refractivity contribution in [3.63, 3.8) is 0 Å². The molecule has 2 rings (SSSR count). The van der Waals surface area contributed by atoms with Gasteiger partial charge in [-0.15, -0.1) is 0 Å². The minimum Gasteiger partial charge on any atom is -0.453 e. The van der Waals surface area contributed by atoms with Crippen molar-refractivity contribution in [1.82, 2.24) is 15.5 Å². The zero-order valence-electron chi connectivity index (χ0n) is 10.9. The number of amides is 2. The molecule has 6 heteroatoms. The van der Waals surface area contributed by atoms with Crippen molar-refractivity contribution in [2.45, 2.75) is 19.4 Å². The van der Waals surface area contributed by atoms with Gasteiger partial charge in [0.25, 0.3) is 0 Å². The molecule has 0 aromatic carbocycles. The van der Waals surface area contributed by atoms with Gasteiger partial charge in [-0.05, 0) is 31.3 Å². The highest BCUT2D eigenvalue weighted by atomic mass is 16.5. The molecule has 0 aromatic heterocycles. The van der Waals surface area contributed by atoms with Crippen molar-refractivity contribution in [3.05, 3.63) is 0 Å². The van der Waals surface area contributed by atoms with Gasteiger partial charge in [-0.25, -0.2) is 4.79 Å². The van der Waals surface area contributed by atoms with Gasteiger partial charge in [0.15, 0.2) is 0 Å². The first kappa shape index (κ1) is 13.3. The highest BCUT2D eigenvalue weighted by Gasteiger charge is 2.43. The largest absolute Gasteiger partial charge is 0.453 e. The summed E-state index contributed by atoms with van der Waals surface area (Å²) in [6.45, 7) is 5.44. The van der Waals surface area contributed by atoms with E-state index in [9.17, 15) is 9.59 Å². The molecule has 102 valence electrons. The summed E-state index contributed by atoms with van der Waals surface area (Å²) in [5.74, 6) is 0.995. The van der Waals surface area contributed by atoms with Crippen LogP contribution < -0.4 is 10.6 Å². The standard InChI is InChI=1S/C12H21N3O3/c1-3-10-9-5-13-4-8(9)6-15(10)7-11(16)14-12(17)18-2/h8-10,13H,3-7H2,1-2H3,(H,14,16,17). The number of carbonyl (C=O) groups excluding carboxylic acids is 2. The molecule has 0 aromatic rings. The Morgan fingerprint density at radius 1 is 1.44 bits per heavy atom. The molecular weight excluding hydrogens is 234 g/mol. The average molecular weight is 255 g/mol. The Morgan fingerprint density at radius 3 is 2.89 bits per heavy atom. The summed E-state index contributed by atoms with van der Waals surface area (Å²) in [5.41, 5.74) is 0. The predicted molar refractivity (Wildman–Crippen MR) is 66.0 cm³/mol. The number of nitrogens with zero attached hydrogens (tertiary/aromatic N) is 1. The first-order chi connectivity index (χ1) is 8.65. The number of nitrogens with one attached hydrogen (secondary N) is 2. The van der Waals surface area contributed by atoms with Gasteiger partial charge < -0.3 is 10.1 Å². The lowest BCUT2D eigenvalue weighted by Crippen LogP contribution is -2.43. The van der Waals surface area contributed by atoms with Crippen LogP contribution in [0.1, 0.15) is 13.3 Å². The smallest absolute Gasteiger partial charge is 0.413 e. The van der Waals surface area contributed by atoms with E-state index in [2.05, 4.69) is 27.2 Å². The predicted octanol–water partition coefficient (Wildman–Crippen LogP) is -0.201. The van der Waals surface area contributed by atoms with Crippen LogP contribution in [0.3, 0.4) is 0 Å². The second kappa shape index (κ2) is 5.67. The van der Waals surface area contributed by atoms with Crippen molar-refractivity contribution in [1.29, 1.82) is 0 Å². The van der Waals surface area contributed by atoms with Crippen LogP contribution in [-0.4, -0.2) is 56.2 Å². The minimum atomic E-state index is -0.686. The number of rotatable bonds is 3. The van der Waals surface area contributed by atoms with Gasteiger partial charge in [-0.3, -0.25) is 15.0 Å². The summed E-state index contributed by atoms with van der Waals surface area (Å²) in [6, 6.07) is 0.438. The third-order valence-corrected chi connectivity index (χ3v) is 4.02. The fourth-order valence-corrected chi connectivity index (χ4v) is 3.24. The fraction of sp³-hybridized carbons (Fsp3) is 0.833. The Hall–Kier alpha value is -1.14. The highest BCUT2D eigenvalue weighted by Crippen LogP contribution is 2.33. The molecule has 2 amide bonds. The third kappa shape index (κ3) is 2.64. The van der Waals surface area contributed by atoms with E-state index in [4.69, 9.17) is 0 Å². The molecule has 2 heterocycles. The number of fused-ring (bicyclic) bond motifs is 1. The van der Waals surface area contributed by atoms with Crippen LogP contribution in [0.5, 0.6) is 0 Å². The summed E-state index contributed by atoms with van der Waals surface area (Å²) < 4.78 is 4.41. The second-order valence-corrected chi connectivity index (χ2v) is 5.03. The second-order valence-electron chi connectivity index (χ2n) is 5.03. The van der Waals surface area contributed by atoms with E-state index in [1.165, 1.54) is 7.11 Å². The Labute approximate surface area is 107 Å². The zero-order valence-corrected chi connectivity index (χ0v) is 10.9. The maximum absolute atomic E-state index is 11.7. The van der Waals surface area contributed by atoms with E-state index < -0.39 is 6.09 Å². The fourth-order valence-electron chi connectivity index (χ4n) is 3.24. The molecule has 2 saturated heterocycles. The summed E-state index contributed by atoms with van der Waals surface area (Å²) in [6.07, 6.45) is 0.350. The first-order valence-corrected chi connectivity index (χ1v) is 6.48. The Balaban J connectivity index is 1.89. The van der Waals surface area contributed by atoms with Crippen LogP contribution in [0.15, 0.2) is 0 Å². The van der Waals surface area contributed by atoms with E-state index >= 15 is 0 Å². The van der Waals surface area contributed by atoms with Crippen LogP contribution in [-0.2, 0) is 9.53 Å². The van der Waals surface area contributed by atoms with Gasteiger partial charge in [-0.1, -0.05) is 6.92 Å². The number of carbonyl (C=O) groups is 2. The molecule has 2 aliphatic heterocycles. The van der Waals surface area contributed by atoms with Crippen molar-refractivity contribution in [3.8, 4) is 0 Å². The van der Waals surface area contributed by atoms with Gasteiger partial charge in [0.1, 0.15) is 0 Å². The van der Waals surface area contributed by atoms with Crippen molar-refractivity contribution >= 4 is 12.0 Å². The Bertz CT molecular complexity index is 335. The van der Waals surface area contributed by atoms with Gasteiger partial charge in [0.2, 0.25) is 5.91 Å². The number of hydrogen-bond acceptors (Lipinski definition) is 5. The average Bonchev–Trinajstić information content (AvgIpc) is 2.88. The third-order valence-electron chi connectivity index (χ3n) is 4.02. The lowest BCUT2D eigenvalue weighted by atomic mass is 9.93. The van der Waals surface area contributed by atoms with Crippen molar-refractivity contribution in [2.75, 3.05) is 33.3 Å². The number of imide groups is 1. The highest BCUT2D eigenvalue weighted by molar-refractivity contribution is 5.92. The molecule has 0 spiro atoms. The van der Waals surface area contributed by atoms with Crippen LogP contribution in [0.25, 0.3) is 0 Å². The number of likely N-dealkylation sites (tertiary alicyclic amines) is 1. The molecule has 3 atom stereocenters. The van der Waals surface area contributed by atoms with Crippen LogP contribution in [0.2, 0.25) is 0 Å². The zero-order chi connectivity index (χ0) is 13.1. The van der Waals surface area contributed by atoms with Crippen LogP contribution in [0.4, 0.5) is 4.79 Å². The number of methoxy groups -OCH3 is 1. The molecule has 0 bridgehead atoms. The van der Waals surface area contributed by atoms with Crippen molar-refractivity contribution in [2.24, 2.45) is 11.8 Å². The number of ether oxygens (including phenoxy) is 1. The number of alkyl carbamates (subject to hydrolysis) is 1. The maximum atomic E-state index is 11.7. The van der Waals surface area contributed by atoms with Gasteiger partial charge in [0.05, 0.1) is 13.7 Å². The number of hydrogen-bond donors (Lipinski definition) is 2. The topological polar surface area (TPSA) is 70.7 Å². The minimum absolute atomic E-state index is 0.278.